The summed E-state index contributed by atoms with van der Waals surface area (Å²) in [5.41, 5.74) is 4.11. The second-order valence-electron chi connectivity index (χ2n) is 8.03. The van der Waals surface area contributed by atoms with Crippen molar-refractivity contribution in [2.75, 3.05) is 11.5 Å². The molecule has 0 aliphatic rings. The fraction of sp³-hybridized carbons (Fsp3) is 0.520. The van der Waals surface area contributed by atoms with Gasteiger partial charge in [0.2, 0.25) is 5.91 Å². The molecule has 0 aliphatic heterocycles. The molecule has 0 saturated heterocycles. The standard InChI is InChI=1S/C25H37NO3S2/c1-19(2)8-5-9-20(3)10-6-11-21(4)15-17-30-18-23(25(28)29)26-24(27)14-13-22-12-7-16-31-22/h7-8,10,12,15-16,23H,5-6,9,11,13-14,17-18H2,1-4H3,(H,26,27)(H,28,29)/t23-/m0/s1. The lowest BCUT2D eigenvalue weighted by molar-refractivity contribution is -0.141. The molecule has 0 saturated carbocycles. The molecule has 6 heteroatoms. The molecule has 0 aromatic carbocycles. The third-order valence-electron chi connectivity index (χ3n) is 4.77. The van der Waals surface area contributed by atoms with Gasteiger partial charge in [-0.2, -0.15) is 11.8 Å². The Balaban J connectivity index is 2.28. The number of carbonyl (C=O) groups excluding carboxylic acids is 1. The molecule has 1 heterocycles. The van der Waals surface area contributed by atoms with Crippen LogP contribution in [0.3, 0.4) is 0 Å². The van der Waals surface area contributed by atoms with E-state index in [0.717, 1.165) is 36.3 Å². The number of hydrogen-bond acceptors (Lipinski definition) is 4. The van der Waals surface area contributed by atoms with Crippen molar-refractivity contribution < 1.29 is 14.7 Å². The smallest absolute Gasteiger partial charge is 0.327 e. The molecule has 4 nitrogen and oxygen atoms in total. The van der Waals surface area contributed by atoms with Gasteiger partial charge >= 0.3 is 5.97 Å². The number of nitrogens with one attached hydrogen (secondary N) is 1. The van der Waals surface area contributed by atoms with Gasteiger partial charge in [-0.25, -0.2) is 4.79 Å². The van der Waals surface area contributed by atoms with Gasteiger partial charge in [0.25, 0.3) is 0 Å². The van der Waals surface area contributed by atoms with Gasteiger partial charge in [0, 0.05) is 22.8 Å². The second-order valence-corrected chi connectivity index (χ2v) is 10.1. The van der Waals surface area contributed by atoms with Gasteiger partial charge in [-0.1, -0.05) is 41.0 Å². The predicted molar refractivity (Wildman–Crippen MR) is 135 cm³/mol. The largest absolute Gasteiger partial charge is 0.480 e. The van der Waals surface area contributed by atoms with Crippen molar-refractivity contribution in [1.29, 1.82) is 0 Å². The van der Waals surface area contributed by atoms with Crippen molar-refractivity contribution in [2.45, 2.75) is 72.3 Å². The lowest BCUT2D eigenvalue weighted by Crippen LogP contribution is -2.42. The summed E-state index contributed by atoms with van der Waals surface area (Å²) in [5, 5.41) is 14.0. The summed E-state index contributed by atoms with van der Waals surface area (Å²) in [4.78, 5) is 24.7. The Kier molecular flexibility index (Phi) is 14.0. The number of carboxylic acid groups (broad SMARTS) is 1. The molecule has 1 aromatic heterocycles. The van der Waals surface area contributed by atoms with Crippen molar-refractivity contribution in [3.63, 3.8) is 0 Å². The molecular formula is C25H37NO3S2. The van der Waals surface area contributed by atoms with Gasteiger partial charge in [0.05, 0.1) is 0 Å². The minimum Gasteiger partial charge on any atom is -0.480 e. The average Bonchev–Trinajstić information content (AvgIpc) is 3.22. The van der Waals surface area contributed by atoms with Gasteiger partial charge in [-0.05, 0) is 71.2 Å². The van der Waals surface area contributed by atoms with Crippen LogP contribution in [0.5, 0.6) is 0 Å². The highest BCUT2D eigenvalue weighted by Gasteiger charge is 2.19. The molecule has 1 aromatic rings. The first-order valence-electron chi connectivity index (χ1n) is 10.8. The Morgan fingerprint density at radius 2 is 1.74 bits per heavy atom. The van der Waals surface area contributed by atoms with Gasteiger partial charge in [0.1, 0.15) is 6.04 Å². The quantitative estimate of drug-likeness (QED) is 0.233. The van der Waals surface area contributed by atoms with Crippen LogP contribution in [-0.2, 0) is 16.0 Å². The zero-order valence-corrected chi connectivity index (χ0v) is 20.9. The zero-order valence-electron chi connectivity index (χ0n) is 19.3. The molecule has 172 valence electrons. The maximum Gasteiger partial charge on any atom is 0.327 e. The fourth-order valence-electron chi connectivity index (χ4n) is 2.86. The van der Waals surface area contributed by atoms with E-state index in [0.29, 0.717) is 18.6 Å². The van der Waals surface area contributed by atoms with E-state index in [1.165, 1.54) is 28.5 Å². The maximum absolute atomic E-state index is 12.1. The average molecular weight is 464 g/mol. The SMILES string of the molecule is CC(C)=CCCC(C)=CCCC(C)=CCSC[C@H](NC(=O)CCc1cccs1)C(=O)O. The Labute approximate surface area is 195 Å². The molecule has 0 unspecified atom stereocenters. The van der Waals surface area contributed by atoms with E-state index in [1.807, 2.05) is 17.5 Å². The van der Waals surface area contributed by atoms with Crippen LogP contribution in [-0.4, -0.2) is 34.5 Å². The Bertz CT molecular complexity index is 760. The summed E-state index contributed by atoms with van der Waals surface area (Å²) in [6, 6.07) is 3.09. The first kappa shape index (κ1) is 27.2. The van der Waals surface area contributed by atoms with E-state index in [-0.39, 0.29) is 5.91 Å². The van der Waals surface area contributed by atoms with E-state index in [9.17, 15) is 14.7 Å². The van der Waals surface area contributed by atoms with Crippen molar-refractivity contribution in [3.8, 4) is 0 Å². The monoisotopic (exact) mass is 463 g/mol. The van der Waals surface area contributed by atoms with Gasteiger partial charge in [-0.15, -0.1) is 11.3 Å². The minimum absolute atomic E-state index is 0.208. The number of thiophene rings is 1. The van der Waals surface area contributed by atoms with E-state index in [2.05, 4.69) is 51.2 Å². The molecule has 0 aliphatic carbocycles. The van der Waals surface area contributed by atoms with E-state index in [1.54, 1.807) is 11.3 Å². The van der Waals surface area contributed by atoms with Crippen LogP contribution in [0, 0.1) is 0 Å². The number of hydrogen-bond donors (Lipinski definition) is 2. The number of rotatable bonds is 15. The molecule has 0 fully saturated rings. The zero-order chi connectivity index (χ0) is 23.1. The fourth-order valence-corrected chi connectivity index (χ4v) is 4.57. The molecular weight excluding hydrogens is 426 g/mol. The number of carbonyl (C=O) groups is 2. The van der Waals surface area contributed by atoms with Crippen molar-refractivity contribution in [1.82, 2.24) is 5.32 Å². The summed E-state index contributed by atoms with van der Waals surface area (Å²) in [5.74, 6) is -0.0664. The maximum atomic E-state index is 12.1. The van der Waals surface area contributed by atoms with E-state index >= 15 is 0 Å². The number of carboxylic acids is 1. The number of aliphatic carboxylic acids is 1. The van der Waals surface area contributed by atoms with Crippen LogP contribution in [0.25, 0.3) is 0 Å². The lowest BCUT2D eigenvalue weighted by Gasteiger charge is -2.13. The molecule has 0 spiro atoms. The lowest BCUT2D eigenvalue weighted by atomic mass is 10.1. The summed E-state index contributed by atoms with van der Waals surface area (Å²) < 4.78 is 0. The molecule has 31 heavy (non-hydrogen) atoms. The molecule has 1 atom stereocenters. The first-order chi connectivity index (χ1) is 14.8. The van der Waals surface area contributed by atoms with Crippen molar-refractivity contribution in [3.05, 3.63) is 57.3 Å². The summed E-state index contributed by atoms with van der Waals surface area (Å²) in [6.07, 6.45) is 12.0. The normalized spacial score (nSPS) is 13.0. The third-order valence-corrected chi connectivity index (χ3v) is 6.68. The number of thioether (sulfide) groups is 1. The van der Waals surface area contributed by atoms with Crippen LogP contribution in [0.1, 0.15) is 64.7 Å². The number of aryl methyl sites for hydroxylation is 1. The van der Waals surface area contributed by atoms with Crippen LogP contribution in [0.2, 0.25) is 0 Å². The topological polar surface area (TPSA) is 66.4 Å². The van der Waals surface area contributed by atoms with Crippen LogP contribution in [0.15, 0.2) is 52.5 Å². The highest BCUT2D eigenvalue weighted by molar-refractivity contribution is 7.99. The van der Waals surface area contributed by atoms with Crippen LogP contribution >= 0.6 is 23.1 Å². The summed E-state index contributed by atoms with van der Waals surface area (Å²) >= 11 is 3.15. The van der Waals surface area contributed by atoms with Gasteiger partial charge in [-0.3, -0.25) is 4.79 Å². The van der Waals surface area contributed by atoms with Crippen molar-refractivity contribution in [2.24, 2.45) is 0 Å². The molecule has 0 radical (unpaired) electrons. The Morgan fingerprint density at radius 3 is 2.35 bits per heavy atom. The van der Waals surface area contributed by atoms with Crippen LogP contribution in [0.4, 0.5) is 0 Å². The molecule has 1 rings (SSSR count). The first-order valence-corrected chi connectivity index (χ1v) is 12.9. The Hall–Kier alpha value is -1.79. The highest BCUT2D eigenvalue weighted by Crippen LogP contribution is 2.14. The highest BCUT2D eigenvalue weighted by atomic mass is 32.2. The Morgan fingerprint density at radius 1 is 1.06 bits per heavy atom. The second kappa shape index (κ2) is 15.9. The molecule has 2 N–H and O–H groups in total. The number of amides is 1. The molecule has 1 amide bonds. The molecule has 0 bridgehead atoms. The summed E-state index contributed by atoms with van der Waals surface area (Å²) in [7, 11) is 0. The number of allylic oxidation sites excluding steroid dienone is 5. The van der Waals surface area contributed by atoms with Crippen LogP contribution < -0.4 is 5.32 Å². The van der Waals surface area contributed by atoms with Crippen molar-refractivity contribution >= 4 is 35.0 Å². The van der Waals surface area contributed by atoms with Gasteiger partial charge in [0.15, 0.2) is 0 Å². The van der Waals surface area contributed by atoms with E-state index in [4.69, 9.17) is 0 Å². The predicted octanol–water partition coefficient (Wildman–Crippen LogP) is 6.40. The van der Waals surface area contributed by atoms with Gasteiger partial charge < -0.3 is 10.4 Å². The third kappa shape index (κ3) is 14.0. The van der Waals surface area contributed by atoms with E-state index < -0.39 is 12.0 Å². The summed E-state index contributed by atoms with van der Waals surface area (Å²) in [6.45, 7) is 8.57. The minimum atomic E-state index is -0.980.